The fourth-order valence-electron chi connectivity index (χ4n) is 2.56. The molecule has 1 amide bonds. The number of para-hydroxylation sites is 2. The molecule has 1 aromatic heterocycles. The van der Waals surface area contributed by atoms with Crippen molar-refractivity contribution in [3.05, 3.63) is 54.1 Å². The summed E-state index contributed by atoms with van der Waals surface area (Å²) in [7, 11) is 0. The first-order valence-electron chi connectivity index (χ1n) is 8.24. The summed E-state index contributed by atoms with van der Waals surface area (Å²) in [4.78, 5) is 27.5. The lowest BCUT2D eigenvalue weighted by Crippen LogP contribution is -2.12. The Morgan fingerprint density at radius 3 is 2.52 bits per heavy atom. The molecule has 1 N–H and O–H groups in total. The van der Waals surface area contributed by atoms with Gasteiger partial charge >= 0.3 is 6.55 Å². The Morgan fingerprint density at radius 1 is 1.15 bits per heavy atom. The number of anilines is 1. The number of hydrogen-bond donors (Lipinski definition) is 1. The monoisotopic (exact) mass is 389 g/mol. The topological polar surface area (TPSA) is 64.0 Å². The van der Waals surface area contributed by atoms with Gasteiger partial charge < -0.3 is 5.32 Å². The number of rotatable bonds is 7. The molecule has 0 aliphatic heterocycles. The maximum absolute atomic E-state index is 13.4. The van der Waals surface area contributed by atoms with Crippen molar-refractivity contribution in [2.24, 2.45) is 0 Å². The van der Waals surface area contributed by atoms with Crippen LogP contribution in [0.2, 0.25) is 0 Å². The van der Waals surface area contributed by atoms with E-state index in [9.17, 15) is 18.4 Å². The van der Waals surface area contributed by atoms with Gasteiger partial charge in [-0.05, 0) is 43.3 Å². The summed E-state index contributed by atoms with van der Waals surface area (Å²) in [6, 6.07) is 13.3. The highest BCUT2D eigenvalue weighted by Crippen LogP contribution is 2.29. The molecule has 3 rings (SSSR count). The van der Waals surface area contributed by atoms with Crippen LogP contribution in [0.5, 0.6) is 0 Å². The Morgan fingerprint density at radius 2 is 1.85 bits per heavy atom. The van der Waals surface area contributed by atoms with E-state index in [4.69, 9.17) is 0 Å². The van der Waals surface area contributed by atoms with Crippen molar-refractivity contribution in [1.29, 1.82) is 0 Å². The predicted molar refractivity (Wildman–Crippen MR) is 101 cm³/mol. The van der Waals surface area contributed by atoms with E-state index < -0.39 is 6.55 Å². The van der Waals surface area contributed by atoms with Crippen LogP contribution in [0, 0.1) is 0 Å². The lowest BCUT2D eigenvalue weighted by Gasteiger charge is -2.08. The number of fused-ring (bicyclic) bond motifs is 1. The molecule has 0 unspecified atom stereocenters. The number of ketones is 1. The van der Waals surface area contributed by atoms with E-state index >= 15 is 0 Å². The third-order valence-electron chi connectivity index (χ3n) is 3.89. The minimum Gasteiger partial charge on any atom is -0.326 e. The summed E-state index contributed by atoms with van der Waals surface area (Å²) in [6.07, 6.45) is 0.144. The second-order valence-electron chi connectivity index (χ2n) is 5.81. The van der Waals surface area contributed by atoms with Crippen molar-refractivity contribution in [2.75, 3.05) is 11.1 Å². The zero-order chi connectivity index (χ0) is 19.4. The Labute approximate surface area is 158 Å². The summed E-state index contributed by atoms with van der Waals surface area (Å²) in [5.74, 6) is 0.0249. The first-order chi connectivity index (χ1) is 13.0. The van der Waals surface area contributed by atoms with Crippen LogP contribution in [0.15, 0.2) is 53.7 Å². The van der Waals surface area contributed by atoms with Crippen molar-refractivity contribution >= 4 is 40.2 Å². The summed E-state index contributed by atoms with van der Waals surface area (Å²) >= 11 is 1.11. The lowest BCUT2D eigenvalue weighted by molar-refractivity contribution is -0.115. The second-order valence-corrected chi connectivity index (χ2v) is 6.87. The Balaban J connectivity index is 1.59. The SMILES string of the molecule is CC(=O)c1ccc(NC(=O)CCSc2nc3ccccc3n2C(F)F)cc1. The molecule has 3 aromatic rings. The number of Topliss-reactive ketones (excluding diaryl/α,β-unsaturated/α-hetero) is 1. The van der Waals surface area contributed by atoms with Gasteiger partial charge in [0.25, 0.3) is 0 Å². The standard InChI is InChI=1S/C19H17F2N3O2S/c1-12(25)13-6-8-14(9-7-13)22-17(26)10-11-27-19-23-15-4-2-3-5-16(15)24(19)18(20)21/h2-9,18H,10-11H2,1H3,(H,22,26). The number of nitrogens with zero attached hydrogens (tertiary/aromatic N) is 2. The van der Waals surface area contributed by atoms with Crippen LogP contribution in [0.25, 0.3) is 11.0 Å². The number of alkyl halides is 2. The van der Waals surface area contributed by atoms with Gasteiger partial charge in [-0.2, -0.15) is 8.78 Å². The minimum atomic E-state index is -2.70. The number of carbonyl (C=O) groups excluding carboxylic acids is 2. The second kappa shape index (κ2) is 8.30. The van der Waals surface area contributed by atoms with Crippen LogP contribution in [0.4, 0.5) is 14.5 Å². The van der Waals surface area contributed by atoms with Gasteiger partial charge in [0.15, 0.2) is 10.9 Å². The summed E-state index contributed by atoms with van der Waals surface area (Å²) < 4.78 is 27.6. The van der Waals surface area contributed by atoms with Crippen LogP contribution >= 0.6 is 11.8 Å². The molecule has 0 aliphatic carbocycles. The molecule has 0 bridgehead atoms. The number of nitrogens with one attached hydrogen (secondary N) is 1. The third kappa shape index (κ3) is 4.51. The van der Waals surface area contributed by atoms with Crippen molar-refractivity contribution in [3.63, 3.8) is 0 Å². The maximum Gasteiger partial charge on any atom is 0.321 e. The van der Waals surface area contributed by atoms with Crippen LogP contribution in [-0.4, -0.2) is 27.0 Å². The number of benzene rings is 2. The van der Waals surface area contributed by atoms with Crippen molar-refractivity contribution in [3.8, 4) is 0 Å². The molecular formula is C19H17F2N3O2S. The normalized spacial score (nSPS) is 11.1. The van der Waals surface area contributed by atoms with Crippen molar-refractivity contribution in [2.45, 2.75) is 25.1 Å². The van der Waals surface area contributed by atoms with Crippen LogP contribution in [-0.2, 0) is 4.79 Å². The molecule has 0 radical (unpaired) electrons. The number of amides is 1. The van der Waals surface area contributed by atoms with Gasteiger partial charge in [-0.1, -0.05) is 23.9 Å². The molecule has 0 atom stereocenters. The fourth-order valence-corrected chi connectivity index (χ4v) is 3.51. The smallest absolute Gasteiger partial charge is 0.321 e. The Hall–Kier alpha value is -2.74. The number of hydrogen-bond acceptors (Lipinski definition) is 4. The van der Waals surface area contributed by atoms with Crippen molar-refractivity contribution < 1.29 is 18.4 Å². The fraction of sp³-hybridized carbons (Fsp3) is 0.211. The van der Waals surface area contributed by atoms with E-state index in [1.807, 2.05) is 0 Å². The number of aromatic nitrogens is 2. The molecule has 1 heterocycles. The van der Waals surface area contributed by atoms with E-state index in [2.05, 4.69) is 10.3 Å². The molecule has 0 aliphatic rings. The van der Waals surface area contributed by atoms with Gasteiger partial charge in [0.05, 0.1) is 11.0 Å². The largest absolute Gasteiger partial charge is 0.326 e. The quantitative estimate of drug-likeness (QED) is 0.468. The zero-order valence-electron chi connectivity index (χ0n) is 14.5. The van der Waals surface area contributed by atoms with E-state index in [1.54, 1.807) is 48.5 Å². The highest BCUT2D eigenvalue weighted by Gasteiger charge is 2.18. The Kier molecular flexibility index (Phi) is 5.85. The minimum absolute atomic E-state index is 0.0498. The van der Waals surface area contributed by atoms with Gasteiger partial charge in [0.2, 0.25) is 5.91 Å². The first kappa shape index (κ1) is 19.0. The highest BCUT2D eigenvalue weighted by atomic mass is 32.2. The number of thioether (sulfide) groups is 1. The average Bonchev–Trinajstić information content (AvgIpc) is 3.00. The predicted octanol–water partition coefficient (Wildman–Crippen LogP) is 4.75. The lowest BCUT2D eigenvalue weighted by atomic mass is 10.1. The number of halogens is 2. The van der Waals surface area contributed by atoms with Gasteiger partial charge in [0, 0.05) is 23.4 Å². The van der Waals surface area contributed by atoms with Gasteiger partial charge in [-0.25, -0.2) is 4.98 Å². The first-order valence-corrected chi connectivity index (χ1v) is 9.23. The Bertz CT molecular complexity index is 971. The zero-order valence-corrected chi connectivity index (χ0v) is 15.3. The highest BCUT2D eigenvalue weighted by molar-refractivity contribution is 7.99. The van der Waals surface area contributed by atoms with Crippen LogP contribution < -0.4 is 5.32 Å². The molecular weight excluding hydrogens is 372 g/mol. The van der Waals surface area contributed by atoms with E-state index in [-0.39, 0.29) is 23.3 Å². The molecule has 2 aromatic carbocycles. The van der Waals surface area contributed by atoms with Gasteiger partial charge in [-0.3, -0.25) is 14.2 Å². The average molecular weight is 389 g/mol. The maximum atomic E-state index is 13.4. The molecule has 27 heavy (non-hydrogen) atoms. The molecule has 0 saturated carbocycles. The molecule has 8 heteroatoms. The van der Waals surface area contributed by atoms with Gasteiger partial charge in [-0.15, -0.1) is 0 Å². The number of carbonyl (C=O) groups is 2. The molecule has 0 saturated heterocycles. The summed E-state index contributed by atoms with van der Waals surface area (Å²) in [5.41, 5.74) is 2.00. The number of imidazole rings is 1. The molecule has 5 nitrogen and oxygen atoms in total. The van der Waals surface area contributed by atoms with Crippen LogP contribution in [0.1, 0.15) is 30.3 Å². The van der Waals surface area contributed by atoms with E-state index in [0.29, 0.717) is 28.0 Å². The van der Waals surface area contributed by atoms with E-state index in [0.717, 1.165) is 16.3 Å². The van der Waals surface area contributed by atoms with Gasteiger partial charge in [0.1, 0.15) is 0 Å². The molecule has 0 spiro atoms. The van der Waals surface area contributed by atoms with E-state index in [1.165, 1.54) is 6.92 Å². The third-order valence-corrected chi connectivity index (χ3v) is 4.85. The van der Waals surface area contributed by atoms with Crippen LogP contribution in [0.3, 0.4) is 0 Å². The summed E-state index contributed by atoms with van der Waals surface area (Å²) in [6.45, 7) is -1.23. The summed E-state index contributed by atoms with van der Waals surface area (Å²) in [5, 5.41) is 2.90. The molecule has 0 fully saturated rings. The molecule has 140 valence electrons. The van der Waals surface area contributed by atoms with Crippen molar-refractivity contribution in [1.82, 2.24) is 9.55 Å².